The maximum Gasteiger partial charge on any atom is 0.240 e. The average Bonchev–Trinajstić information content (AvgIpc) is 2.43. The Morgan fingerprint density at radius 2 is 1.86 bits per heavy atom. The SMILES string of the molecule is CCC(C)CNS(=O)(=O)c1cc(CNC(C)C)ccc1C. The van der Waals surface area contributed by atoms with Crippen LogP contribution in [-0.2, 0) is 16.6 Å². The lowest BCUT2D eigenvalue weighted by Gasteiger charge is -2.14. The zero-order chi connectivity index (χ0) is 16.0. The van der Waals surface area contributed by atoms with Crippen LogP contribution in [0.15, 0.2) is 23.1 Å². The van der Waals surface area contributed by atoms with Crippen LogP contribution in [0.4, 0.5) is 0 Å². The zero-order valence-electron chi connectivity index (χ0n) is 13.7. The quantitative estimate of drug-likeness (QED) is 0.776. The topological polar surface area (TPSA) is 58.2 Å². The predicted octanol–water partition coefficient (Wildman–Crippen LogP) is 2.82. The van der Waals surface area contributed by atoms with Gasteiger partial charge in [0, 0.05) is 19.1 Å². The number of benzene rings is 1. The Hall–Kier alpha value is -0.910. The van der Waals surface area contributed by atoms with Gasteiger partial charge in [0.05, 0.1) is 4.90 Å². The Balaban J connectivity index is 2.91. The molecule has 1 unspecified atom stereocenters. The third kappa shape index (κ3) is 5.77. The molecular weight excluding hydrogens is 284 g/mol. The van der Waals surface area contributed by atoms with Gasteiger partial charge in [0.15, 0.2) is 0 Å². The summed E-state index contributed by atoms with van der Waals surface area (Å²) in [5, 5.41) is 3.30. The van der Waals surface area contributed by atoms with Gasteiger partial charge in [-0.1, -0.05) is 46.2 Å². The summed E-state index contributed by atoms with van der Waals surface area (Å²) < 4.78 is 27.6. The maximum atomic E-state index is 12.4. The van der Waals surface area contributed by atoms with E-state index in [9.17, 15) is 8.42 Å². The van der Waals surface area contributed by atoms with Crippen molar-refractivity contribution >= 4 is 10.0 Å². The fourth-order valence-electron chi connectivity index (χ4n) is 1.84. The van der Waals surface area contributed by atoms with Gasteiger partial charge in [-0.25, -0.2) is 13.1 Å². The second kappa shape index (κ2) is 7.92. The van der Waals surface area contributed by atoms with Crippen LogP contribution in [0.2, 0.25) is 0 Å². The van der Waals surface area contributed by atoms with E-state index in [2.05, 4.69) is 30.8 Å². The highest BCUT2D eigenvalue weighted by Crippen LogP contribution is 2.17. The van der Waals surface area contributed by atoms with Gasteiger partial charge in [0.25, 0.3) is 0 Å². The first-order chi connectivity index (χ1) is 9.76. The molecule has 5 heteroatoms. The number of hydrogen-bond acceptors (Lipinski definition) is 3. The van der Waals surface area contributed by atoms with Crippen LogP contribution >= 0.6 is 0 Å². The first-order valence-corrected chi connectivity index (χ1v) is 9.07. The lowest BCUT2D eigenvalue weighted by Crippen LogP contribution is -2.29. The number of nitrogens with one attached hydrogen (secondary N) is 2. The van der Waals surface area contributed by atoms with E-state index in [1.807, 2.05) is 26.0 Å². The minimum atomic E-state index is -3.43. The van der Waals surface area contributed by atoms with Crippen molar-refractivity contribution in [2.45, 2.75) is 58.5 Å². The minimum absolute atomic E-state index is 0.339. The van der Waals surface area contributed by atoms with Gasteiger partial charge in [0.2, 0.25) is 10.0 Å². The van der Waals surface area contributed by atoms with Crippen LogP contribution in [0, 0.1) is 12.8 Å². The molecule has 0 radical (unpaired) electrons. The highest BCUT2D eigenvalue weighted by Gasteiger charge is 2.17. The van der Waals surface area contributed by atoms with Gasteiger partial charge in [-0.05, 0) is 30.0 Å². The Labute approximate surface area is 129 Å². The van der Waals surface area contributed by atoms with Gasteiger partial charge < -0.3 is 5.32 Å². The van der Waals surface area contributed by atoms with Crippen LogP contribution in [0.3, 0.4) is 0 Å². The summed E-state index contributed by atoms with van der Waals surface area (Å²) in [6, 6.07) is 5.98. The molecule has 4 nitrogen and oxygen atoms in total. The largest absolute Gasteiger partial charge is 0.310 e. The standard InChI is InChI=1S/C16H28N2O2S/c1-6-13(4)10-18-21(19,20)16-9-15(8-7-14(16)5)11-17-12(2)3/h7-9,12-13,17-18H,6,10-11H2,1-5H3. The Bertz CT molecular complexity index is 553. The molecule has 2 N–H and O–H groups in total. The lowest BCUT2D eigenvalue weighted by molar-refractivity contribution is 0.528. The van der Waals surface area contributed by atoms with E-state index in [1.165, 1.54) is 0 Å². The molecule has 1 aromatic carbocycles. The number of hydrogen-bond donors (Lipinski definition) is 2. The summed E-state index contributed by atoms with van der Waals surface area (Å²) in [5.74, 6) is 0.339. The lowest BCUT2D eigenvalue weighted by atomic mass is 10.1. The molecule has 0 bridgehead atoms. The van der Waals surface area contributed by atoms with Crippen LogP contribution in [0.1, 0.15) is 45.2 Å². The fourth-order valence-corrected chi connectivity index (χ4v) is 3.30. The van der Waals surface area contributed by atoms with Gasteiger partial charge in [-0.15, -0.1) is 0 Å². The van der Waals surface area contributed by atoms with Crippen molar-refractivity contribution in [2.75, 3.05) is 6.54 Å². The molecule has 0 fully saturated rings. The highest BCUT2D eigenvalue weighted by atomic mass is 32.2. The summed E-state index contributed by atoms with van der Waals surface area (Å²) in [4.78, 5) is 0.383. The molecule has 120 valence electrons. The smallest absolute Gasteiger partial charge is 0.240 e. The van der Waals surface area contributed by atoms with Crippen LogP contribution in [-0.4, -0.2) is 21.0 Å². The third-order valence-electron chi connectivity index (χ3n) is 3.58. The van der Waals surface area contributed by atoms with Crippen molar-refractivity contribution in [3.63, 3.8) is 0 Å². The molecule has 0 aliphatic carbocycles. The molecule has 0 aromatic heterocycles. The van der Waals surface area contributed by atoms with Crippen molar-refractivity contribution in [1.29, 1.82) is 0 Å². The number of rotatable bonds is 8. The van der Waals surface area contributed by atoms with Crippen molar-refractivity contribution in [3.05, 3.63) is 29.3 Å². The van der Waals surface area contributed by atoms with Gasteiger partial charge in [-0.2, -0.15) is 0 Å². The van der Waals surface area contributed by atoms with Crippen LogP contribution < -0.4 is 10.0 Å². The Morgan fingerprint density at radius 1 is 1.19 bits per heavy atom. The first kappa shape index (κ1) is 18.1. The van der Waals surface area contributed by atoms with E-state index < -0.39 is 10.0 Å². The molecule has 1 rings (SSSR count). The third-order valence-corrected chi connectivity index (χ3v) is 5.14. The summed E-state index contributed by atoms with van der Waals surface area (Å²) in [6.07, 6.45) is 0.958. The minimum Gasteiger partial charge on any atom is -0.310 e. The monoisotopic (exact) mass is 312 g/mol. The molecule has 1 atom stereocenters. The molecule has 0 aliphatic heterocycles. The number of aryl methyl sites for hydroxylation is 1. The Morgan fingerprint density at radius 3 is 2.43 bits per heavy atom. The van der Waals surface area contributed by atoms with E-state index in [0.29, 0.717) is 29.9 Å². The van der Waals surface area contributed by atoms with Crippen LogP contribution in [0.5, 0.6) is 0 Å². The predicted molar refractivity (Wildman–Crippen MR) is 87.8 cm³/mol. The maximum absolute atomic E-state index is 12.4. The van der Waals surface area contributed by atoms with Gasteiger partial charge in [0.1, 0.15) is 0 Å². The molecule has 0 aliphatic rings. The van der Waals surface area contributed by atoms with E-state index in [1.54, 1.807) is 6.07 Å². The summed E-state index contributed by atoms with van der Waals surface area (Å²) >= 11 is 0. The molecule has 0 heterocycles. The molecule has 0 amide bonds. The molecular formula is C16H28N2O2S. The second-order valence-corrected chi connectivity index (χ2v) is 7.74. The summed E-state index contributed by atoms with van der Waals surface area (Å²) in [6.45, 7) is 11.2. The Kier molecular flexibility index (Phi) is 6.84. The molecule has 21 heavy (non-hydrogen) atoms. The van der Waals surface area contributed by atoms with Crippen LogP contribution in [0.25, 0.3) is 0 Å². The van der Waals surface area contributed by atoms with E-state index >= 15 is 0 Å². The number of sulfonamides is 1. The first-order valence-electron chi connectivity index (χ1n) is 7.58. The van der Waals surface area contributed by atoms with E-state index in [0.717, 1.165) is 17.5 Å². The van der Waals surface area contributed by atoms with Crippen molar-refractivity contribution < 1.29 is 8.42 Å². The van der Waals surface area contributed by atoms with Gasteiger partial charge >= 0.3 is 0 Å². The fraction of sp³-hybridized carbons (Fsp3) is 0.625. The molecule has 0 spiro atoms. The van der Waals surface area contributed by atoms with Crippen molar-refractivity contribution in [1.82, 2.24) is 10.0 Å². The summed E-state index contributed by atoms with van der Waals surface area (Å²) in [5.41, 5.74) is 1.76. The molecule has 0 saturated heterocycles. The average molecular weight is 312 g/mol. The van der Waals surface area contributed by atoms with Crippen molar-refractivity contribution in [2.24, 2.45) is 5.92 Å². The highest BCUT2D eigenvalue weighted by molar-refractivity contribution is 7.89. The zero-order valence-corrected chi connectivity index (χ0v) is 14.5. The molecule has 1 aromatic rings. The van der Waals surface area contributed by atoms with E-state index in [4.69, 9.17) is 0 Å². The van der Waals surface area contributed by atoms with Gasteiger partial charge in [-0.3, -0.25) is 0 Å². The van der Waals surface area contributed by atoms with E-state index in [-0.39, 0.29) is 0 Å². The normalized spacial score (nSPS) is 13.6. The molecule has 0 saturated carbocycles. The second-order valence-electron chi connectivity index (χ2n) is 6.00. The summed E-state index contributed by atoms with van der Waals surface area (Å²) in [7, 11) is -3.43. The van der Waals surface area contributed by atoms with Crippen molar-refractivity contribution in [3.8, 4) is 0 Å².